The van der Waals surface area contributed by atoms with E-state index in [9.17, 15) is 0 Å². The second kappa shape index (κ2) is 11.0. The molecule has 0 aliphatic carbocycles. The van der Waals surface area contributed by atoms with Crippen molar-refractivity contribution in [1.82, 2.24) is 25.4 Å². The van der Waals surface area contributed by atoms with E-state index < -0.39 is 0 Å². The van der Waals surface area contributed by atoms with Crippen molar-refractivity contribution in [3.63, 3.8) is 0 Å². The standard InChI is InChI=1S/C20H38N6OS/c1-15-24-25-17(26(15)5)14-23-19(21-10-8-12-28-6)22-13-16-9-7-11-27-18(16)20(2,3)4/h16,18H,7-14H2,1-6H3,(H2,21,22,23). The summed E-state index contributed by atoms with van der Waals surface area (Å²) in [6.07, 6.45) is 5.84. The monoisotopic (exact) mass is 410 g/mol. The normalized spacial score (nSPS) is 21.0. The van der Waals surface area contributed by atoms with Crippen LogP contribution in [0.15, 0.2) is 4.99 Å². The molecule has 1 aromatic rings. The maximum absolute atomic E-state index is 6.12. The lowest BCUT2D eigenvalue weighted by Gasteiger charge is -2.40. The number of hydrogen-bond acceptors (Lipinski definition) is 5. The zero-order valence-electron chi connectivity index (χ0n) is 18.4. The van der Waals surface area contributed by atoms with Gasteiger partial charge in [0, 0.05) is 32.7 Å². The van der Waals surface area contributed by atoms with Gasteiger partial charge in [0.2, 0.25) is 0 Å². The van der Waals surface area contributed by atoms with Gasteiger partial charge in [-0.15, -0.1) is 10.2 Å². The van der Waals surface area contributed by atoms with Crippen molar-refractivity contribution >= 4 is 17.7 Å². The summed E-state index contributed by atoms with van der Waals surface area (Å²) in [4.78, 5) is 4.76. The average molecular weight is 411 g/mol. The van der Waals surface area contributed by atoms with E-state index in [-0.39, 0.29) is 11.5 Å². The number of nitrogens with zero attached hydrogens (tertiary/aromatic N) is 4. The quantitative estimate of drug-likeness (QED) is 0.390. The first kappa shape index (κ1) is 23.0. The van der Waals surface area contributed by atoms with E-state index in [0.29, 0.717) is 12.5 Å². The third kappa shape index (κ3) is 6.95. The highest BCUT2D eigenvalue weighted by Crippen LogP contribution is 2.33. The molecule has 28 heavy (non-hydrogen) atoms. The summed E-state index contributed by atoms with van der Waals surface area (Å²) in [6.45, 7) is 11.9. The predicted octanol–water partition coefficient (Wildman–Crippen LogP) is 2.75. The molecule has 1 aliphatic heterocycles. The number of aliphatic imine (C=N–C) groups is 1. The van der Waals surface area contributed by atoms with Gasteiger partial charge in [0.25, 0.3) is 0 Å². The van der Waals surface area contributed by atoms with Gasteiger partial charge in [-0.1, -0.05) is 20.8 Å². The molecular formula is C20H38N6OS. The van der Waals surface area contributed by atoms with Crippen molar-refractivity contribution in [1.29, 1.82) is 0 Å². The minimum Gasteiger partial charge on any atom is -0.377 e. The maximum Gasteiger partial charge on any atom is 0.191 e. The van der Waals surface area contributed by atoms with E-state index >= 15 is 0 Å². The van der Waals surface area contributed by atoms with Crippen LogP contribution in [0.2, 0.25) is 0 Å². The van der Waals surface area contributed by atoms with Gasteiger partial charge in [0.15, 0.2) is 11.8 Å². The zero-order valence-corrected chi connectivity index (χ0v) is 19.2. The molecule has 2 rings (SSSR count). The van der Waals surface area contributed by atoms with Crippen molar-refractivity contribution in [3.8, 4) is 0 Å². The third-order valence-electron chi connectivity index (χ3n) is 5.21. The average Bonchev–Trinajstić information content (AvgIpc) is 2.98. The van der Waals surface area contributed by atoms with Crippen molar-refractivity contribution < 1.29 is 4.74 Å². The van der Waals surface area contributed by atoms with Crippen molar-refractivity contribution in [2.45, 2.75) is 59.6 Å². The Hall–Kier alpha value is -1.28. The van der Waals surface area contributed by atoms with Gasteiger partial charge in [0.1, 0.15) is 12.4 Å². The van der Waals surface area contributed by atoms with Crippen LogP contribution >= 0.6 is 11.8 Å². The van der Waals surface area contributed by atoms with Crippen LogP contribution in [-0.4, -0.2) is 58.5 Å². The Kier molecular flexibility index (Phi) is 9.08. The van der Waals surface area contributed by atoms with Crippen molar-refractivity contribution in [2.24, 2.45) is 23.4 Å². The Morgan fingerprint density at radius 1 is 1.32 bits per heavy atom. The second-order valence-corrected chi connectivity index (χ2v) is 9.59. The Morgan fingerprint density at radius 2 is 2.11 bits per heavy atom. The molecule has 2 N–H and O–H groups in total. The maximum atomic E-state index is 6.12. The molecule has 7 nitrogen and oxygen atoms in total. The van der Waals surface area contributed by atoms with Crippen LogP contribution in [0.4, 0.5) is 0 Å². The summed E-state index contributed by atoms with van der Waals surface area (Å²) in [5.74, 6) is 4.26. The van der Waals surface area contributed by atoms with E-state index in [1.165, 1.54) is 6.42 Å². The molecule has 1 aliphatic rings. The van der Waals surface area contributed by atoms with E-state index in [1.54, 1.807) is 0 Å². The van der Waals surface area contributed by atoms with Crippen LogP contribution in [0.5, 0.6) is 0 Å². The SMILES string of the molecule is CSCCCNC(=NCc1nnc(C)n1C)NCC1CCCOC1C(C)(C)C. The molecule has 160 valence electrons. The predicted molar refractivity (Wildman–Crippen MR) is 118 cm³/mol. The topological polar surface area (TPSA) is 76.4 Å². The second-order valence-electron chi connectivity index (χ2n) is 8.60. The van der Waals surface area contributed by atoms with E-state index in [0.717, 1.165) is 55.9 Å². The lowest BCUT2D eigenvalue weighted by atomic mass is 9.78. The first-order chi connectivity index (χ1) is 13.3. The van der Waals surface area contributed by atoms with E-state index in [2.05, 4.69) is 47.9 Å². The number of rotatable bonds is 8. The number of ether oxygens (including phenoxy) is 1. The minimum absolute atomic E-state index is 0.145. The van der Waals surface area contributed by atoms with Gasteiger partial charge in [-0.3, -0.25) is 0 Å². The number of thioether (sulfide) groups is 1. The molecule has 0 radical (unpaired) electrons. The summed E-state index contributed by atoms with van der Waals surface area (Å²) < 4.78 is 8.11. The largest absolute Gasteiger partial charge is 0.377 e. The van der Waals surface area contributed by atoms with Crippen LogP contribution < -0.4 is 10.6 Å². The van der Waals surface area contributed by atoms with Gasteiger partial charge in [-0.05, 0) is 43.6 Å². The van der Waals surface area contributed by atoms with Crippen molar-refractivity contribution in [2.75, 3.05) is 31.7 Å². The van der Waals surface area contributed by atoms with E-state index in [4.69, 9.17) is 9.73 Å². The first-order valence-electron chi connectivity index (χ1n) is 10.3. The van der Waals surface area contributed by atoms with Crippen LogP contribution in [0.1, 0.15) is 51.7 Å². The molecule has 0 amide bonds. The van der Waals surface area contributed by atoms with E-state index in [1.807, 2.05) is 30.3 Å². The first-order valence-corrected chi connectivity index (χ1v) is 11.7. The highest BCUT2D eigenvalue weighted by Gasteiger charge is 2.35. The molecule has 8 heteroatoms. The molecule has 2 heterocycles. The highest BCUT2D eigenvalue weighted by atomic mass is 32.2. The molecule has 2 atom stereocenters. The van der Waals surface area contributed by atoms with Crippen LogP contribution in [0, 0.1) is 18.3 Å². The number of aryl methyl sites for hydroxylation is 1. The Labute approximate surface area is 174 Å². The Morgan fingerprint density at radius 3 is 2.75 bits per heavy atom. The molecule has 0 bridgehead atoms. The molecule has 1 saturated heterocycles. The van der Waals surface area contributed by atoms with Crippen LogP contribution in [0.3, 0.4) is 0 Å². The third-order valence-corrected chi connectivity index (χ3v) is 5.91. The number of aromatic nitrogens is 3. The highest BCUT2D eigenvalue weighted by molar-refractivity contribution is 7.98. The lowest BCUT2D eigenvalue weighted by Crippen LogP contribution is -2.47. The summed E-state index contributed by atoms with van der Waals surface area (Å²) in [7, 11) is 1.98. The molecule has 2 unspecified atom stereocenters. The van der Waals surface area contributed by atoms with Crippen LogP contribution in [-0.2, 0) is 18.3 Å². The molecule has 0 saturated carbocycles. The molecule has 1 aromatic heterocycles. The fourth-order valence-electron chi connectivity index (χ4n) is 3.57. The van der Waals surface area contributed by atoms with Crippen LogP contribution in [0.25, 0.3) is 0 Å². The fourth-order valence-corrected chi connectivity index (χ4v) is 4.01. The molecular weight excluding hydrogens is 372 g/mol. The van der Waals surface area contributed by atoms with Gasteiger partial charge >= 0.3 is 0 Å². The smallest absolute Gasteiger partial charge is 0.191 e. The van der Waals surface area contributed by atoms with Crippen molar-refractivity contribution in [3.05, 3.63) is 11.6 Å². The van der Waals surface area contributed by atoms with Gasteiger partial charge < -0.3 is 19.9 Å². The van der Waals surface area contributed by atoms with Gasteiger partial charge in [0.05, 0.1) is 6.10 Å². The number of nitrogens with one attached hydrogen (secondary N) is 2. The summed E-state index contributed by atoms with van der Waals surface area (Å²) in [6, 6.07) is 0. The zero-order chi connectivity index (χ0) is 20.6. The Bertz CT molecular complexity index is 625. The number of guanidine groups is 1. The Balaban J connectivity index is 1.99. The van der Waals surface area contributed by atoms with Gasteiger partial charge in [-0.25, -0.2) is 4.99 Å². The number of hydrogen-bond donors (Lipinski definition) is 2. The molecule has 0 aromatic carbocycles. The minimum atomic E-state index is 0.145. The summed E-state index contributed by atoms with van der Waals surface area (Å²) in [5.41, 5.74) is 0.145. The van der Waals surface area contributed by atoms with Gasteiger partial charge in [-0.2, -0.15) is 11.8 Å². The summed E-state index contributed by atoms with van der Waals surface area (Å²) in [5, 5.41) is 15.4. The fraction of sp³-hybridized carbons (Fsp3) is 0.850. The molecule has 1 fully saturated rings. The summed E-state index contributed by atoms with van der Waals surface area (Å²) >= 11 is 1.87. The lowest BCUT2D eigenvalue weighted by molar-refractivity contribution is -0.0835. The molecule has 0 spiro atoms.